The second-order valence-corrected chi connectivity index (χ2v) is 6.55. The fraction of sp³-hybridized carbons (Fsp3) is 0.125. The largest absolute Gasteiger partial charge is 0.481 e. The van der Waals surface area contributed by atoms with Crippen LogP contribution in [0.1, 0.15) is 5.69 Å². The number of aromatic nitrogens is 5. The highest BCUT2D eigenvalue weighted by atomic mass is 35.5. The van der Waals surface area contributed by atoms with Crippen LogP contribution in [0.25, 0.3) is 28.2 Å². The molecule has 126 valence electrons. The van der Waals surface area contributed by atoms with E-state index in [0.29, 0.717) is 54.8 Å². The summed E-state index contributed by atoms with van der Waals surface area (Å²) in [5.74, 6) is 0.983. The van der Waals surface area contributed by atoms with E-state index in [4.69, 9.17) is 39.5 Å². The zero-order chi connectivity index (χ0) is 17.7. The quantitative estimate of drug-likeness (QED) is 0.464. The fourth-order valence-corrected chi connectivity index (χ4v) is 3.31. The first-order valence-corrected chi connectivity index (χ1v) is 8.34. The first-order valence-electron chi connectivity index (χ1n) is 7.21. The van der Waals surface area contributed by atoms with Crippen molar-refractivity contribution in [1.82, 2.24) is 24.6 Å². The Morgan fingerprint density at radius 3 is 2.56 bits per heavy atom. The molecule has 4 aromatic rings. The lowest BCUT2D eigenvalue weighted by Gasteiger charge is -2.08. The molecular formula is C16H10Cl3N5O. The molecule has 0 aliphatic carbocycles. The van der Waals surface area contributed by atoms with Crippen molar-refractivity contribution in [3.05, 3.63) is 45.0 Å². The highest BCUT2D eigenvalue weighted by Gasteiger charge is 2.19. The summed E-state index contributed by atoms with van der Waals surface area (Å²) in [6.07, 6.45) is 0. The number of hydrogen-bond acceptors (Lipinski definition) is 5. The van der Waals surface area contributed by atoms with Gasteiger partial charge in [0.25, 0.3) is 0 Å². The maximum atomic E-state index is 6.39. The summed E-state index contributed by atoms with van der Waals surface area (Å²) >= 11 is 18.7. The van der Waals surface area contributed by atoms with E-state index in [0.717, 1.165) is 0 Å². The summed E-state index contributed by atoms with van der Waals surface area (Å²) in [4.78, 5) is 9.07. The van der Waals surface area contributed by atoms with Crippen molar-refractivity contribution in [3.63, 3.8) is 0 Å². The van der Waals surface area contributed by atoms with Gasteiger partial charge in [0.05, 0.1) is 22.8 Å². The van der Waals surface area contributed by atoms with E-state index in [1.165, 1.54) is 0 Å². The van der Waals surface area contributed by atoms with E-state index in [9.17, 15) is 0 Å². The Morgan fingerprint density at radius 1 is 1.00 bits per heavy atom. The van der Waals surface area contributed by atoms with Crippen molar-refractivity contribution >= 4 is 51.6 Å². The second kappa shape index (κ2) is 5.98. The van der Waals surface area contributed by atoms with Crippen LogP contribution in [0.5, 0.6) is 5.88 Å². The molecule has 0 bridgehead atoms. The van der Waals surface area contributed by atoms with Crippen molar-refractivity contribution in [3.8, 4) is 17.3 Å². The molecule has 0 fully saturated rings. The molecule has 0 N–H and O–H groups in total. The van der Waals surface area contributed by atoms with Crippen LogP contribution in [0.2, 0.25) is 15.1 Å². The van der Waals surface area contributed by atoms with Crippen LogP contribution in [0.4, 0.5) is 0 Å². The minimum Gasteiger partial charge on any atom is -0.481 e. The number of hydrogen-bond donors (Lipinski definition) is 0. The summed E-state index contributed by atoms with van der Waals surface area (Å²) in [6.45, 7) is 1.83. The summed E-state index contributed by atoms with van der Waals surface area (Å²) in [7, 11) is 1.55. The molecule has 6 nitrogen and oxygen atoms in total. The Balaban J connectivity index is 2.16. The molecule has 3 heterocycles. The minimum atomic E-state index is 0.343. The first-order chi connectivity index (χ1) is 12.0. The number of aryl methyl sites for hydroxylation is 1. The number of fused-ring (bicyclic) bond motifs is 3. The van der Waals surface area contributed by atoms with Gasteiger partial charge in [0.1, 0.15) is 11.3 Å². The maximum Gasteiger partial charge on any atom is 0.215 e. The van der Waals surface area contributed by atoms with Crippen molar-refractivity contribution in [2.45, 2.75) is 6.92 Å². The molecule has 0 spiro atoms. The minimum absolute atomic E-state index is 0.343. The number of ether oxygens (including phenoxy) is 1. The molecule has 4 rings (SSSR count). The summed E-state index contributed by atoms with van der Waals surface area (Å²) in [5, 5.41) is 9.59. The Kier molecular flexibility index (Phi) is 3.91. The average molecular weight is 395 g/mol. The molecule has 0 aliphatic heterocycles. The van der Waals surface area contributed by atoms with Gasteiger partial charge in [0, 0.05) is 16.7 Å². The molecule has 25 heavy (non-hydrogen) atoms. The predicted octanol–water partition coefficient (Wildman–Crippen LogP) is 4.62. The van der Waals surface area contributed by atoms with Gasteiger partial charge in [-0.05, 0) is 25.1 Å². The third-order valence-corrected chi connectivity index (χ3v) is 4.78. The Morgan fingerprint density at radius 2 is 1.80 bits per heavy atom. The molecule has 0 amide bonds. The normalized spacial score (nSPS) is 11.4. The van der Waals surface area contributed by atoms with E-state index in [1.54, 1.807) is 35.8 Å². The third-order valence-electron chi connectivity index (χ3n) is 3.76. The van der Waals surface area contributed by atoms with Crippen LogP contribution < -0.4 is 4.74 Å². The highest BCUT2D eigenvalue weighted by molar-refractivity contribution is 6.45. The second-order valence-electron chi connectivity index (χ2n) is 5.33. The molecular weight excluding hydrogens is 385 g/mol. The molecule has 1 aromatic carbocycles. The van der Waals surface area contributed by atoms with Gasteiger partial charge in [-0.3, -0.25) is 4.40 Å². The van der Waals surface area contributed by atoms with Crippen molar-refractivity contribution in [2.75, 3.05) is 7.11 Å². The van der Waals surface area contributed by atoms with Gasteiger partial charge in [-0.2, -0.15) is 4.98 Å². The predicted molar refractivity (Wildman–Crippen MR) is 97.8 cm³/mol. The molecule has 0 radical (unpaired) electrons. The Labute approximate surface area is 157 Å². The molecule has 9 heteroatoms. The van der Waals surface area contributed by atoms with Crippen LogP contribution in [0.15, 0.2) is 24.3 Å². The highest BCUT2D eigenvalue weighted by Crippen LogP contribution is 2.37. The Bertz CT molecular complexity index is 1140. The lowest BCUT2D eigenvalue weighted by molar-refractivity contribution is 0.399. The topological polar surface area (TPSA) is 65.2 Å². The molecule has 0 atom stereocenters. The van der Waals surface area contributed by atoms with E-state index in [1.807, 2.05) is 6.92 Å². The average Bonchev–Trinajstić information content (AvgIpc) is 2.94. The zero-order valence-corrected chi connectivity index (χ0v) is 15.4. The number of imidazole rings is 1. The summed E-state index contributed by atoms with van der Waals surface area (Å²) < 4.78 is 7.00. The van der Waals surface area contributed by atoms with Crippen LogP contribution in [0, 0.1) is 6.92 Å². The van der Waals surface area contributed by atoms with Crippen LogP contribution in [-0.4, -0.2) is 31.7 Å². The molecule has 0 saturated heterocycles. The number of rotatable bonds is 2. The van der Waals surface area contributed by atoms with E-state index >= 15 is 0 Å². The zero-order valence-electron chi connectivity index (χ0n) is 13.1. The van der Waals surface area contributed by atoms with Gasteiger partial charge in [-0.15, -0.1) is 10.2 Å². The standard InChI is InChI=1S/C16H10Cl3N5O/c1-7-14-23-22-11-3-4-12(25-2)21-16(11)24(14)15(20-7)9-5-8(17)6-10(18)13(9)19/h3-6H,1-2H3. The van der Waals surface area contributed by atoms with Crippen molar-refractivity contribution < 1.29 is 4.74 Å². The third kappa shape index (κ3) is 2.57. The SMILES string of the molecule is COc1ccc2nnc3c(C)nc(-c4cc(Cl)cc(Cl)c4Cl)n3c2n1. The molecule has 0 aliphatic rings. The number of nitrogens with zero attached hydrogens (tertiary/aromatic N) is 5. The van der Waals surface area contributed by atoms with E-state index in [-0.39, 0.29) is 0 Å². The number of halogens is 3. The van der Waals surface area contributed by atoms with Gasteiger partial charge in [-0.25, -0.2) is 4.98 Å². The fourth-order valence-electron chi connectivity index (χ4n) is 2.62. The van der Waals surface area contributed by atoms with Crippen LogP contribution >= 0.6 is 34.8 Å². The van der Waals surface area contributed by atoms with Crippen molar-refractivity contribution in [2.24, 2.45) is 0 Å². The lowest BCUT2D eigenvalue weighted by atomic mass is 10.2. The van der Waals surface area contributed by atoms with E-state index < -0.39 is 0 Å². The Hall–Kier alpha value is -2.15. The van der Waals surface area contributed by atoms with Crippen LogP contribution in [-0.2, 0) is 0 Å². The number of methoxy groups -OCH3 is 1. The number of benzene rings is 1. The van der Waals surface area contributed by atoms with Gasteiger partial charge >= 0.3 is 0 Å². The van der Waals surface area contributed by atoms with Gasteiger partial charge in [0.2, 0.25) is 5.88 Å². The molecule has 0 saturated carbocycles. The van der Waals surface area contributed by atoms with Gasteiger partial charge < -0.3 is 4.74 Å². The van der Waals surface area contributed by atoms with Gasteiger partial charge in [0.15, 0.2) is 11.3 Å². The lowest BCUT2D eigenvalue weighted by Crippen LogP contribution is -2.01. The summed E-state index contributed by atoms with van der Waals surface area (Å²) in [5.41, 5.74) is 2.97. The summed E-state index contributed by atoms with van der Waals surface area (Å²) in [6, 6.07) is 6.78. The number of pyridine rings is 1. The first kappa shape index (κ1) is 16.3. The van der Waals surface area contributed by atoms with Gasteiger partial charge in [-0.1, -0.05) is 34.8 Å². The van der Waals surface area contributed by atoms with Crippen LogP contribution in [0.3, 0.4) is 0 Å². The monoisotopic (exact) mass is 393 g/mol. The smallest absolute Gasteiger partial charge is 0.215 e. The maximum absolute atomic E-state index is 6.39. The van der Waals surface area contributed by atoms with E-state index in [2.05, 4.69) is 20.2 Å². The molecule has 0 unspecified atom stereocenters. The van der Waals surface area contributed by atoms with Crippen molar-refractivity contribution in [1.29, 1.82) is 0 Å². The molecule has 3 aromatic heterocycles.